The molecular formula is C30H38ClF2N3O2. The molecule has 5 nitrogen and oxygen atoms in total. The number of carbonyl (C=O) groups is 2. The number of halogens is 3. The lowest BCUT2D eigenvalue weighted by molar-refractivity contribution is -0.140. The zero-order chi connectivity index (χ0) is 27.6. The normalized spacial score (nSPS) is 23.3. The molecule has 0 spiro atoms. The van der Waals surface area contributed by atoms with Gasteiger partial charge in [-0.15, -0.1) is 0 Å². The standard InChI is InChI=1S/C30H38ClF2N3O2/c1-5-28(37)36-16-15-34(14-6-7-27(36)20-8-10-21(31)11-9-20)29(38)25-19-35(30(2,3)4)18-24(25)23-13-12-22(32)17-26(23)33/h8-13,17,24-25,27H,5-7,14-16,18-19H2,1-4H3. The van der Waals surface area contributed by atoms with Gasteiger partial charge in [-0.05, 0) is 62.9 Å². The van der Waals surface area contributed by atoms with Crippen LogP contribution >= 0.6 is 11.6 Å². The number of hydrogen-bond donors (Lipinski definition) is 0. The largest absolute Gasteiger partial charge is 0.341 e. The van der Waals surface area contributed by atoms with Gasteiger partial charge in [-0.2, -0.15) is 0 Å². The lowest BCUT2D eigenvalue weighted by atomic mass is 9.87. The van der Waals surface area contributed by atoms with Gasteiger partial charge >= 0.3 is 0 Å². The Balaban J connectivity index is 1.57. The van der Waals surface area contributed by atoms with E-state index >= 15 is 0 Å². The van der Waals surface area contributed by atoms with E-state index in [1.807, 2.05) is 41.0 Å². The molecule has 206 valence electrons. The lowest BCUT2D eigenvalue weighted by Gasteiger charge is -2.38. The minimum absolute atomic E-state index is 0.0284. The molecular weight excluding hydrogens is 508 g/mol. The molecule has 38 heavy (non-hydrogen) atoms. The molecule has 0 saturated carbocycles. The third-order valence-electron chi connectivity index (χ3n) is 8.03. The summed E-state index contributed by atoms with van der Waals surface area (Å²) < 4.78 is 28.6. The summed E-state index contributed by atoms with van der Waals surface area (Å²) in [5.41, 5.74) is 1.23. The minimum Gasteiger partial charge on any atom is -0.341 e. The van der Waals surface area contributed by atoms with E-state index in [-0.39, 0.29) is 29.3 Å². The van der Waals surface area contributed by atoms with Crippen LogP contribution in [0.15, 0.2) is 42.5 Å². The molecule has 3 unspecified atom stereocenters. The van der Waals surface area contributed by atoms with Crippen molar-refractivity contribution in [3.63, 3.8) is 0 Å². The Kier molecular flexibility index (Phi) is 8.78. The van der Waals surface area contributed by atoms with E-state index in [9.17, 15) is 18.4 Å². The number of carbonyl (C=O) groups excluding carboxylic acids is 2. The summed E-state index contributed by atoms with van der Waals surface area (Å²) in [6, 6.07) is 11.2. The average Bonchev–Trinajstić information content (AvgIpc) is 3.30. The molecule has 3 atom stereocenters. The minimum atomic E-state index is -0.625. The van der Waals surface area contributed by atoms with Crippen LogP contribution in [0.5, 0.6) is 0 Å². The van der Waals surface area contributed by atoms with Gasteiger partial charge in [-0.25, -0.2) is 8.78 Å². The summed E-state index contributed by atoms with van der Waals surface area (Å²) in [5.74, 6) is -2.04. The average molecular weight is 546 g/mol. The van der Waals surface area contributed by atoms with E-state index < -0.39 is 17.6 Å². The molecule has 2 amide bonds. The van der Waals surface area contributed by atoms with Crippen molar-refractivity contribution in [2.75, 3.05) is 32.7 Å². The van der Waals surface area contributed by atoms with Gasteiger partial charge in [0.1, 0.15) is 11.6 Å². The zero-order valence-electron chi connectivity index (χ0n) is 22.7. The van der Waals surface area contributed by atoms with Crippen LogP contribution in [0.25, 0.3) is 0 Å². The molecule has 2 saturated heterocycles. The van der Waals surface area contributed by atoms with E-state index in [1.165, 1.54) is 12.1 Å². The number of rotatable bonds is 4. The predicted octanol–water partition coefficient (Wildman–Crippen LogP) is 6.03. The Morgan fingerprint density at radius 1 is 1.00 bits per heavy atom. The summed E-state index contributed by atoms with van der Waals surface area (Å²) >= 11 is 6.09. The van der Waals surface area contributed by atoms with Crippen LogP contribution in [-0.2, 0) is 9.59 Å². The molecule has 2 aliphatic heterocycles. The molecule has 0 N–H and O–H groups in total. The quantitative estimate of drug-likeness (QED) is 0.471. The fourth-order valence-electron chi connectivity index (χ4n) is 5.83. The maximum absolute atomic E-state index is 14.9. The van der Waals surface area contributed by atoms with Gasteiger partial charge in [0.25, 0.3) is 0 Å². The van der Waals surface area contributed by atoms with Crippen LogP contribution in [0.3, 0.4) is 0 Å². The van der Waals surface area contributed by atoms with E-state index in [2.05, 4.69) is 25.7 Å². The van der Waals surface area contributed by atoms with E-state index in [4.69, 9.17) is 11.6 Å². The fraction of sp³-hybridized carbons (Fsp3) is 0.533. The van der Waals surface area contributed by atoms with Crippen molar-refractivity contribution in [1.29, 1.82) is 0 Å². The molecule has 4 rings (SSSR count). The summed E-state index contributed by atoms with van der Waals surface area (Å²) in [6.45, 7) is 10.5. The van der Waals surface area contributed by atoms with Crippen LogP contribution in [0.4, 0.5) is 8.78 Å². The van der Waals surface area contributed by atoms with Gasteiger partial charge in [-0.1, -0.05) is 36.7 Å². The Labute approximate surface area is 229 Å². The fourth-order valence-corrected chi connectivity index (χ4v) is 5.96. The predicted molar refractivity (Wildman–Crippen MR) is 146 cm³/mol. The maximum Gasteiger partial charge on any atom is 0.227 e. The first-order valence-electron chi connectivity index (χ1n) is 13.5. The van der Waals surface area contributed by atoms with Crippen LogP contribution in [0, 0.1) is 17.6 Å². The van der Waals surface area contributed by atoms with Gasteiger partial charge in [0.15, 0.2) is 0 Å². The molecule has 2 heterocycles. The van der Waals surface area contributed by atoms with Gasteiger partial charge in [-0.3, -0.25) is 14.5 Å². The molecule has 0 radical (unpaired) electrons. The molecule has 8 heteroatoms. The van der Waals surface area contributed by atoms with Crippen LogP contribution in [0.2, 0.25) is 5.02 Å². The highest BCUT2D eigenvalue weighted by atomic mass is 35.5. The second-order valence-corrected chi connectivity index (χ2v) is 11.9. The van der Waals surface area contributed by atoms with Crippen molar-refractivity contribution in [3.05, 3.63) is 70.2 Å². The van der Waals surface area contributed by atoms with Crippen molar-refractivity contribution >= 4 is 23.4 Å². The number of benzene rings is 2. The van der Waals surface area contributed by atoms with Gasteiger partial charge in [0.05, 0.1) is 12.0 Å². The third-order valence-corrected chi connectivity index (χ3v) is 8.28. The van der Waals surface area contributed by atoms with E-state index in [0.29, 0.717) is 49.7 Å². The molecule has 0 bridgehead atoms. The van der Waals surface area contributed by atoms with E-state index in [1.54, 1.807) is 0 Å². The lowest BCUT2D eigenvalue weighted by Crippen LogP contribution is -2.48. The number of hydrogen-bond acceptors (Lipinski definition) is 3. The monoisotopic (exact) mass is 545 g/mol. The van der Waals surface area contributed by atoms with Crippen molar-refractivity contribution in [2.45, 2.75) is 64.5 Å². The van der Waals surface area contributed by atoms with Crippen LogP contribution in [0.1, 0.15) is 70.0 Å². The zero-order valence-corrected chi connectivity index (χ0v) is 23.5. The van der Waals surface area contributed by atoms with Crippen molar-refractivity contribution in [3.8, 4) is 0 Å². The molecule has 0 aliphatic carbocycles. The Hall–Kier alpha value is -2.51. The van der Waals surface area contributed by atoms with Crippen LogP contribution < -0.4 is 0 Å². The number of nitrogens with zero attached hydrogens (tertiary/aromatic N) is 3. The Morgan fingerprint density at radius 2 is 1.71 bits per heavy atom. The second-order valence-electron chi connectivity index (χ2n) is 11.4. The summed E-state index contributed by atoms with van der Waals surface area (Å²) in [5, 5.41) is 0.651. The Bertz CT molecular complexity index is 1150. The van der Waals surface area contributed by atoms with E-state index in [0.717, 1.165) is 24.5 Å². The molecule has 2 aromatic rings. The smallest absolute Gasteiger partial charge is 0.227 e. The first-order valence-corrected chi connectivity index (χ1v) is 13.9. The van der Waals surface area contributed by atoms with Gasteiger partial charge in [0, 0.05) is 61.7 Å². The molecule has 2 aromatic carbocycles. The molecule has 2 fully saturated rings. The molecule has 0 aromatic heterocycles. The topological polar surface area (TPSA) is 43.9 Å². The first kappa shape index (κ1) is 28.5. The van der Waals surface area contributed by atoms with Crippen molar-refractivity contribution in [1.82, 2.24) is 14.7 Å². The van der Waals surface area contributed by atoms with Crippen molar-refractivity contribution in [2.24, 2.45) is 5.92 Å². The maximum atomic E-state index is 14.9. The van der Waals surface area contributed by atoms with Crippen molar-refractivity contribution < 1.29 is 18.4 Å². The van der Waals surface area contributed by atoms with Crippen LogP contribution in [-0.4, -0.2) is 64.8 Å². The first-order chi connectivity index (χ1) is 18.0. The highest BCUT2D eigenvalue weighted by Crippen LogP contribution is 2.39. The Morgan fingerprint density at radius 3 is 2.34 bits per heavy atom. The SMILES string of the molecule is CCC(=O)N1CCN(C(=O)C2CN(C(C)(C)C)CC2c2ccc(F)cc2F)CCCC1c1ccc(Cl)cc1. The third kappa shape index (κ3) is 6.20. The summed E-state index contributed by atoms with van der Waals surface area (Å²) in [7, 11) is 0. The molecule has 2 aliphatic rings. The summed E-state index contributed by atoms with van der Waals surface area (Å²) in [6.07, 6.45) is 1.84. The highest BCUT2D eigenvalue weighted by molar-refractivity contribution is 6.30. The van der Waals surface area contributed by atoms with Gasteiger partial charge in [0.2, 0.25) is 11.8 Å². The highest BCUT2D eigenvalue weighted by Gasteiger charge is 2.44. The number of amides is 2. The second kappa shape index (κ2) is 11.7. The number of likely N-dealkylation sites (tertiary alicyclic amines) is 1. The van der Waals surface area contributed by atoms with Gasteiger partial charge < -0.3 is 9.80 Å². The summed E-state index contributed by atoms with van der Waals surface area (Å²) in [4.78, 5) is 32.9.